The van der Waals surface area contributed by atoms with Gasteiger partial charge in [-0.15, -0.1) is 0 Å². The maximum absolute atomic E-state index is 12.0. The smallest absolute Gasteiger partial charge is 0.225 e. The number of anilines is 1. The van der Waals surface area contributed by atoms with E-state index in [4.69, 9.17) is 9.47 Å². The predicted molar refractivity (Wildman–Crippen MR) is 107 cm³/mol. The Kier molecular flexibility index (Phi) is 6.49. The first-order valence-corrected chi connectivity index (χ1v) is 9.67. The second-order valence-corrected chi connectivity index (χ2v) is 6.96. The molecule has 3 rings (SSSR count). The van der Waals surface area contributed by atoms with Crippen LogP contribution in [0.2, 0.25) is 0 Å². The maximum Gasteiger partial charge on any atom is 0.225 e. The molecule has 0 aliphatic rings. The van der Waals surface area contributed by atoms with E-state index in [1.165, 1.54) is 5.56 Å². The number of ether oxygens (including phenoxy) is 2. The molecule has 0 unspecified atom stereocenters. The molecule has 7 heteroatoms. The Hall–Kier alpha value is -2.80. The molecule has 0 atom stereocenters. The highest BCUT2D eigenvalue weighted by molar-refractivity contribution is 7.07. The summed E-state index contributed by atoms with van der Waals surface area (Å²) < 4.78 is 10.6. The van der Waals surface area contributed by atoms with E-state index in [1.54, 1.807) is 25.6 Å². The number of carbonyl (C=O) groups is 1. The highest BCUT2D eigenvalue weighted by Gasteiger charge is 2.08. The molecule has 0 radical (unpaired) electrons. The lowest BCUT2D eigenvalue weighted by atomic mass is 10.1. The molecular weight excluding hydrogens is 362 g/mol. The van der Waals surface area contributed by atoms with E-state index in [1.807, 2.05) is 35.7 Å². The van der Waals surface area contributed by atoms with Gasteiger partial charge < -0.3 is 14.8 Å². The van der Waals surface area contributed by atoms with Crippen LogP contribution in [-0.2, 0) is 24.1 Å². The first kappa shape index (κ1) is 19.0. The number of methoxy groups -OCH3 is 2. The Morgan fingerprint density at radius 2 is 1.85 bits per heavy atom. The number of aryl methyl sites for hydroxylation is 3. The van der Waals surface area contributed by atoms with Crippen molar-refractivity contribution in [3.05, 3.63) is 57.9 Å². The van der Waals surface area contributed by atoms with E-state index in [0.717, 1.165) is 42.0 Å². The quantitative estimate of drug-likeness (QED) is 0.587. The number of rotatable bonds is 9. The lowest BCUT2D eigenvalue weighted by Gasteiger charge is -2.08. The van der Waals surface area contributed by atoms with E-state index in [2.05, 4.69) is 20.9 Å². The average molecular weight is 385 g/mol. The Labute approximate surface area is 162 Å². The van der Waals surface area contributed by atoms with Gasteiger partial charge in [-0.05, 0) is 59.3 Å². The van der Waals surface area contributed by atoms with Crippen LogP contribution >= 0.6 is 11.3 Å². The van der Waals surface area contributed by atoms with Crippen molar-refractivity contribution >= 4 is 23.1 Å². The van der Waals surface area contributed by atoms with Crippen LogP contribution in [0.1, 0.15) is 23.2 Å². The van der Waals surface area contributed by atoms with Crippen molar-refractivity contribution in [1.82, 2.24) is 10.2 Å². The molecule has 6 nitrogen and oxygen atoms in total. The molecule has 0 aliphatic carbocycles. The summed E-state index contributed by atoms with van der Waals surface area (Å²) in [5, 5.41) is 14.1. The van der Waals surface area contributed by atoms with Crippen molar-refractivity contribution in [2.24, 2.45) is 0 Å². The van der Waals surface area contributed by atoms with E-state index < -0.39 is 0 Å². The number of aromatic amines is 1. The third-order valence-electron chi connectivity index (χ3n) is 4.21. The van der Waals surface area contributed by atoms with Gasteiger partial charge in [0.15, 0.2) is 5.82 Å². The van der Waals surface area contributed by atoms with Crippen molar-refractivity contribution < 1.29 is 14.3 Å². The van der Waals surface area contributed by atoms with Crippen LogP contribution in [-0.4, -0.2) is 30.3 Å². The summed E-state index contributed by atoms with van der Waals surface area (Å²) in [6.07, 6.45) is 2.77. The molecule has 0 saturated carbocycles. The van der Waals surface area contributed by atoms with Gasteiger partial charge in [0.2, 0.25) is 5.91 Å². The number of thiophene rings is 1. The molecule has 0 saturated heterocycles. The molecule has 2 aromatic heterocycles. The molecule has 1 amide bonds. The lowest BCUT2D eigenvalue weighted by Crippen LogP contribution is -2.12. The standard InChI is InChI=1S/C20H23N3O3S/c1-25-17-9-15(10-18(12-17)26-2)3-5-16-11-19(23-22-16)21-20(24)6-4-14-7-8-27-13-14/h7-13H,3-6H2,1-2H3,(H2,21,22,23,24). The van der Waals surface area contributed by atoms with Gasteiger partial charge in [0.25, 0.3) is 0 Å². The van der Waals surface area contributed by atoms with E-state index in [9.17, 15) is 4.79 Å². The van der Waals surface area contributed by atoms with Crippen molar-refractivity contribution in [2.75, 3.05) is 19.5 Å². The third-order valence-corrected chi connectivity index (χ3v) is 4.95. The van der Waals surface area contributed by atoms with Crippen LogP contribution < -0.4 is 14.8 Å². The Balaban J connectivity index is 1.51. The zero-order valence-corrected chi connectivity index (χ0v) is 16.3. The number of carbonyl (C=O) groups excluding carboxylic acids is 1. The van der Waals surface area contributed by atoms with Gasteiger partial charge in [0, 0.05) is 24.2 Å². The Morgan fingerprint density at radius 1 is 1.07 bits per heavy atom. The van der Waals surface area contributed by atoms with Crippen molar-refractivity contribution in [3.63, 3.8) is 0 Å². The van der Waals surface area contributed by atoms with Crippen LogP contribution in [0.4, 0.5) is 5.82 Å². The number of aromatic nitrogens is 2. The summed E-state index contributed by atoms with van der Waals surface area (Å²) in [4.78, 5) is 12.0. The highest BCUT2D eigenvalue weighted by Crippen LogP contribution is 2.23. The largest absolute Gasteiger partial charge is 0.497 e. The van der Waals surface area contributed by atoms with Gasteiger partial charge in [-0.1, -0.05) is 0 Å². The van der Waals surface area contributed by atoms with Crippen LogP contribution in [0.25, 0.3) is 0 Å². The number of hydrogen-bond acceptors (Lipinski definition) is 5. The topological polar surface area (TPSA) is 76.2 Å². The fourth-order valence-corrected chi connectivity index (χ4v) is 3.44. The molecule has 2 heterocycles. The number of benzene rings is 1. The molecule has 142 valence electrons. The minimum Gasteiger partial charge on any atom is -0.497 e. The normalized spacial score (nSPS) is 10.6. The predicted octanol–water partition coefficient (Wildman–Crippen LogP) is 3.84. The molecule has 3 aromatic rings. The minimum absolute atomic E-state index is 0.0308. The molecule has 0 aliphatic heterocycles. The number of H-pyrrole nitrogens is 1. The van der Waals surface area contributed by atoms with Gasteiger partial charge in [-0.2, -0.15) is 16.4 Å². The second kappa shape index (κ2) is 9.23. The maximum atomic E-state index is 12.0. The average Bonchev–Trinajstić information content (AvgIpc) is 3.36. The van der Waals surface area contributed by atoms with Crippen LogP contribution in [0, 0.1) is 0 Å². The zero-order chi connectivity index (χ0) is 19.1. The monoisotopic (exact) mass is 385 g/mol. The molecule has 1 aromatic carbocycles. The summed E-state index contributed by atoms with van der Waals surface area (Å²) >= 11 is 1.64. The van der Waals surface area contributed by atoms with Crippen molar-refractivity contribution in [1.29, 1.82) is 0 Å². The Morgan fingerprint density at radius 3 is 2.52 bits per heavy atom. The second-order valence-electron chi connectivity index (χ2n) is 6.18. The van der Waals surface area contributed by atoms with Crippen LogP contribution in [0.5, 0.6) is 11.5 Å². The number of amides is 1. The van der Waals surface area contributed by atoms with Crippen LogP contribution in [0.15, 0.2) is 41.1 Å². The van der Waals surface area contributed by atoms with Crippen molar-refractivity contribution in [3.8, 4) is 11.5 Å². The number of nitrogens with zero attached hydrogens (tertiary/aromatic N) is 1. The summed E-state index contributed by atoms with van der Waals surface area (Å²) in [6.45, 7) is 0. The van der Waals surface area contributed by atoms with Gasteiger partial charge in [0.1, 0.15) is 11.5 Å². The Bertz CT molecular complexity index is 852. The highest BCUT2D eigenvalue weighted by atomic mass is 32.1. The molecule has 27 heavy (non-hydrogen) atoms. The van der Waals surface area contributed by atoms with Gasteiger partial charge in [0.05, 0.1) is 14.2 Å². The summed E-state index contributed by atoms with van der Waals surface area (Å²) in [7, 11) is 3.28. The summed E-state index contributed by atoms with van der Waals surface area (Å²) in [5.74, 6) is 2.07. The SMILES string of the molecule is COc1cc(CCc2cc(NC(=O)CCc3ccsc3)n[nH]2)cc(OC)c1. The van der Waals surface area contributed by atoms with E-state index in [-0.39, 0.29) is 5.91 Å². The number of hydrogen-bond donors (Lipinski definition) is 2. The minimum atomic E-state index is -0.0308. The molecule has 2 N–H and O–H groups in total. The lowest BCUT2D eigenvalue weighted by molar-refractivity contribution is -0.116. The first-order chi connectivity index (χ1) is 13.2. The molecule has 0 spiro atoms. The molecule has 0 fully saturated rings. The molecular formula is C20H23N3O3S. The summed E-state index contributed by atoms with van der Waals surface area (Å²) in [5.41, 5.74) is 3.26. The van der Waals surface area contributed by atoms with Crippen molar-refractivity contribution in [2.45, 2.75) is 25.7 Å². The van der Waals surface area contributed by atoms with Gasteiger partial charge >= 0.3 is 0 Å². The van der Waals surface area contributed by atoms with E-state index in [0.29, 0.717) is 12.2 Å². The van der Waals surface area contributed by atoms with Crippen LogP contribution in [0.3, 0.4) is 0 Å². The van der Waals surface area contributed by atoms with Gasteiger partial charge in [-0.3, -0.25) is 9.89 Å². The fourth-order valence-electron chi connectivity index (χ4n) is 2.74. The number of nitrogens with one attached hydrogen (secondary N) is 2. The first-order valence-electron chi connectivity index (χ1n) is 8.73. The fraction of sp³-hybridized carbons (Fsp3) is 0.300. The van der Waals surface area contributed by atoms with Gasteiger partial charge in [-0.25, -0.2) is 0 Å². The van der Waals surface area contributed by atoms with E-state index >= 15 is 0 Å². The summed E-state index contributed by atoms with van der Waals surface area (Å²) in [6, 6.07) is 9.75. The molecule has 0 bridgehead atoms. The zero-order valence-electron chi connectivity index (χ0n) is 15.5. The third kappa shape index (κ3) is 5.59.